The van der Waals surface area contributed by atoms with Gasteiger partial charge in [-0.15, -0.1) is 0 Å². The van der Waals surface area contributed by atoms with Crippen molar-refractivity contribution in [2.45, 2.75) is 52.5 Å². The monoisotopic (exact) mass is 295 g/mol. The van der Waals surface area contributed by atoms with E-state index in [2.05, 4.69) is 36.3 Å². The lowest BCUT2D eigenvalue weighted by Gasteiger charge is -2.36. The van der Waals surface area contributed by atoms with Gasteiger partial charge in [0.1, 0.15) is 0 Å². The summed E-state index contributed by atoms with van der Waals surface area (Å²) in [7, 11) is 0. The number of carbonyl (C=O) groups excluding carboxylic acids is 1. The number of carbonyl (C=O) groups is 1. The normalized spacial score (nSPS) is 32.0. The second-order valence-electron chi connectivity index (χ2n) is 7.53. The molecule has 0 radical (unpaired) electrons. The number of hydrogen-bond acceptors (Lipinski definition) is 3. The van der Waals surface area contributed by atoms with Gasteiger partial charge < -0.3 is 15.5 Å². The molecule has 122 valence electrons. The van der Waals surface area contributed by atoms with E-state index in [9.17, 15) is 4.79 Å². The number of piperidine rings is 1. The van der Waals surface area contributed by atoms with Crippen molar-refractivity contribution in [2.75, 3.05) is 32.7 Å². The molecule has 4 unspecified atom stereocenters. The van der Waals surface area contributed by atoms with E-state index in [1.54, 1.807) is 0 Å². The molecule has 0 aromatic heterocycles. The molecule has 4 heteroatoms. The Labute approximate surface area is 130 Å². The minimum atomic E-state index is 0.229. The molecule has 2 rings (SSSR count). The summed E-state index contributed by atoms with van der Waals surface area (Å²) in [6, 6.07) is 0.261. The van der Waals surface area contributed by atoms with Gasteiger partial charge in [0.2, 0.25) is 5.91 Å². The molecule has 4 nitrogen and oxygen atoms in total. The Morgan fingerprint density at radius 2 is 2.05 bits per heavy atom. The van der Waals surface area contributed by atoms with Gasteiger partial charge in [0, 0.05) is 32.1 Å². The van der Waals surface area contributed by atoms with Crippen LogP contribution in [0.15, 0.2) is 0 Å². The second-order valence-corrected chi connectivity index (χ2v) is 7.53. The maximum atomic E-state index is 12.0. The number of nitrogens with one attached hydrogen (secondary N) is 2. The number of hydrogen-bond donors (Lipinski definition) is 2. The third kappa shape index (κ3) is 5.95. The first-order valence-electron chi connectivity index (χ1n) is 8.75. The molecule has 2 N–H and O–H groups in total. The summed E-state index contributed by atoms with van der Waals surface area (Å²) in [5.74, 6) is 2.50. The highest BCUT2D eigenvalue weighted by Gasteiger charge is 2.23. The molecule has 2 heterocycles. The van der Waals surface area contributed by atoms with Crippen LogP contribution in [0.5, 0.6) is 0 Å². The summed E-state index contributed by atoms with van der Waals surface area (Å²) >= 11 is 0. The average Bonchev–Trinajstić information content (AvgIpc) is 2.87. The number of amides is 1. The van der Waals surface area contributed by atoms with Gasteiger partial charge in [-0.25, -0.2) is 0 Å². The van der Waals surface area contributed by atoms with Gasteiger partial charge in [-0.05, 0) is 57.0 Å². The third-order valence-corrected chi connectivity index (χ3v) is 4.83. The highest BCUT2D eigenvalue weighted by Crippen LogP contribution is 2.21. The van der Waals surface area contributed by atoms with Crippen LogP contribution >= 0.6 is 0 Å². The second kappa shape index (κ2) is 8.14. The zero-order chi connectivity index (χ0) is 15.2. The van der Waals surface area contributed by atoms with Gasteiger partial charge in [-0.3, -0.25) is 4.79 Å². The fraction of sp³-hybridized carbons (Fsp3) is 0.941. The molecule has 0 saturated carbocycles. The van der Waals surface area contributed by atoms with E-state index < -0.39 is 0 Å². The summed E-state index contributed by atoms with van der Waals surface area (Å²) in [4.78, 5) is 14.5. The van der Waals surface area contributed by atoms with Crippen LogP contribution in [0.3, 0.4) is 0 Å². The van der Waals surface area contributed by atoms with E-state index in [-0.39, 0.29) is 11.9 Å². The molecule has 0 aliphatic carbocycles. The SMILES string of the molecule is CC1CC(C)CN(CC(C)NC(=O)CCC2CCNC2)C1. The molecule has 2 fully saturated rings. The molecule has 21 heavy (non-hydrogen) atoms. The van der Waals surface area contributed by atoms with E-state index in [1.165, 1.54) is 25.9 Å². The van der Waals surface area contributed by atoms with Gasteiger partial charge in [0.15, 0.2) is 0 Å². The lowest BCUT2D eigenvalue weighted by Crippen LogP contribution is -2.47. The highest BCUT2D eigenvalue weighted by atomic mass is 16.1. The van der Waals surface area contributed by atoms with Crippen molar-refractivity contribution in [1.29, 1.82) is 0 Å². The summed E-state index contributed by atoms with van der Waals surface area (Å²) in [6.45, 7) is 12.4. The maximum Gasteiger partial charge on any atom is 0.220 e. The predicted molar refractivity (Wildman–Crippen MR) is 87.2 cm³/mol. The van der Waals surface area contributed by atoms with Crippen molar-refractivity contribution in [3.63, 3.8) is 0 Å². The molecule has 2 saturated heterocycles. The smallest absolute Gasteiger partial charge is 0.220 e. The van der Waals surface area contributed by atoms with Crippen LogP contribution in [0.2, 0.25) is 0 Å². The van der Waals surface area contributed by atoms with E-state index in [0.29, 0.717) is 12.3 Å². The lowest BCUT2D eigenvalue weighted by atomic mass is 9.92. The zero-order valence-corrected chi connectivity index (χ0v) is 14.0. The van der Waals surface area contributed by atoms with E-state index in [4.69, 9.17) is 0 Å². The minimum Gasteiger partial charge on any atom is -0.352 e. The third-order valence-electron chi connectivity index (χ3n) is 4.83. The van der Waals surface area contributed by atoms with Crippen molar-refractivity contribution in [3.05, 3.63) is 0 Å². The summed E-state index contributed by atoms with van der Waals surface area (Å²) in [5.41, 5.74) is 0. The van der Waals surface area contributed by atoms with Crippen LogP contribution in [-0.2, 0) is 4.79 Å². The number of nitrogens with zero attached hydrogens (tertiary/aromatic N) is 1. The van der Waals surface area contributed by atoms with Crippen LogP contribution < -0.4 is 10.6 Å². The largest absolute Gasteiger partial charge is 0.352 e. The van der Waals surface area contributed by atoms with Crippen LogP contribution in [0, 0.1) is 17.8 Å². The summed E-state index contributed by atoms with van der Waals surface area (Å²) in [5, 5.41) is 6.54. The van der Waals surface area contributed by atoms with E-state index in [0.717, 1.165) is 37.9 Å². The van der Waals surface area contributed by atoms with Crippen LogP contribution in [0.1, 0.15) is 46.5 Å². The fourth-order valence-corrected chi connectivity index (χ4v) is 4.02. The van der Waals surface area contributed by atoms with Gasteiger partial charge in [0.05, 0.1) is 0 Å². The Morgan fingerprint density at radius 3 is 2.67 bits per heavy atom. The molecule has 0 aromatic rings. The molecule has 0 bridgehead atoms. The lowest BCUT2D eigenvalue weighted by molar-refractivity contribution is -0.122. The Hall–Kier alpha value is -0.610. The van der Waals surface area contributed by atoms with E-state index >= 15 is 0 Å². The zero-order valence-electron chi connectivity index (χ0n) is 14.0. The van der Waals surface area contributed by atoms with Crippen molar-refractivity contribution in [3.8, 4) is 0 Å². The molecular formula is C17H33N3O. The molecule has 4 atom stereocenters. The first-order chi connectivity index (χ1) is 10.0. The molecular weight excluding hydrogens is 262 g/mol. The molecule has 1 amide bonds. The van der Waals surface area contributed by atoms with Crippen LogP contribution in [0.4, 0.5) is 0 Å². The number of likely N-dealkylation sites (tertiary alicyclic amines) is 1. The highest BCUT2D eigenvalue weighted by molar-refractivity contribution is 5.76. The summed E-state index contributed by atoms with van der Waals surface area (Å²) < 4.78 is 0. The molecule has 0 spiro atoms. The Kier molecular flexibility index (Phi) is 6.49. The van der Waals surface area contributed by atoms with Crippen molar-refractivity contribution < 1.29 is 4.79 Å². The average molecular weight is 295 g/mol. The Bertz CT molecular complexity index is 318. The molecule has 2 aliphatic heterocycles. The molecule has 2 aliphatic rings. The van der Waals surface area contributed by atoms with Gasteiger partial charge >= 0.3 is 0 Å². The fourth-order valence-electron chi connectivity index (χ4n) is 4.02. The topological polar surface area (TPSA) is 44.4 Å². The quantitative estimate of drug-likeness (QED) is 0.786. The van der Waals surface area contributed by atoms with Crippen LogP contribution in [0.25, 0.3) is 0 Å². The van der Waals surface area contributed by atoms with Gasteiger partial charge in [-0.2, -0.15) is 0 Å². The number of rotatable bonds is 6. The minimum absolute atomic E-state index is 0.229. The van der Waals surface area contributed by atoms with Gasteiger partial charge in [-0.1, -0.05) is 13.8 Å². The standard InChI is InChI=1S/C17H33N3O/c1-13-8-14(2)11-20(10-13)12-15(3)19-17(21)5-4-16-6-7-18-9-16/h13-16,18H,4-12H2,1-3H3,(H,19,21). The predicted octanol–water partition coefficient (Wildman–Crippen LogP) is 1.86. The molecule has 0 aromatic carbocycles. The maximum absolute atomic E-state index is 12.0. The first-order valence-corrected chi connectivity index (χ1v) is 8.75. The Morgan fingerprint density at radius 1 is 1.33 bits per heavy atom. The van der Waals surface area contributed by atoms with Crippen molar-refractivity contribution >= 4 is 5.91 Å². The van der Waals surface area contributed by atoms with Crippen molar-refractivity contribution in [1.82, 2.24) is 15.5 Å². The van der Waals surface area contributed by atoms with E-state index in [1.807, 2.05) is 0 Å². The Balaban J connectivity index is 1.63. The first kappa shape index (κ1) is 16.8. The van der Waals surface area contributed by atoms with Gasteiger partial charge in [0.25, 0.3) is 0 Å². The van der Waals surface area contributed by atoms with Crippen molar-refractivity contribution in [2.24, 2.45) is 17.8 Å². The van der Waals surface area contributed by atoms with Crippen LogP contribution in [-0.4, -0.2) is 49.6 Å². The summed E-state index contributed by atoms with van der Waals surface area (Å²) in [6.07, 6.45) is 4.28.